The Labute approximate surface area is 82.4 Å². The first-order chi connectivity index (χ1) is 6.45. The van der Waals surface area contributed by atoms with Gasteiger partial charge in [0, 0.05) is 0 Å². The average molecular weight is 224 g/mol. The second-order valence-corrected chi connectivity index (χ2v) is 2.78. The van der Waals surface area contributed by atoms with Gasteiger partial charge >= 0.3 is 6.18 Å². The summed E-state index contributed by atoms with van der Waals surface area (Å²) in [5.74, 6) is 4.70. The fourth-order valence-corrected chi connectivity index (χ4v) is 1.08. The van der Waals surface area contributed by atoms with Crippen molar-refractivity contribution in [2.24, 2.45) is 16.2 Å². The van der Waals surface area contributed by atoms with Gasteiger partial charge in [-0.25, -0.2) is 0 Å². The Kier molecular flexibility index (Phi) is 2.95. The normalized spacial score (nSPS) is 12.3. The summed E-state index contributed by atoms with van der Waals surface area (Å²) in [7, 11) is 0. The van der Waals surface area contributed by atoms with Crippen molar-refractivity contribution in [3.05, 3.63) is 28.8 Å². The fourth-order valence-electron chi connectivity index (χ4n) is 0.859. The van der Waals surface area contributed by atoms with E-state index in [9.17, 15) is 13.2 Å². The number of nitrogens with zero attached hydrogens (tertiary/aromatic N) is 2. The van der Waals surface area contributed by atoms with Crippen LogP contribution in [0.15, 0.2) is 28.5 Å². The molecule has 0 saturated carbocycles. The van der Waals surface area contributed by atoms with Crippen LogP contribution in [0, 0.1) is 0 Å². The summed E-state index contributed by atoms with van der Waals surface area (Å²) in [6.45, 7) is 0. The van der Waals surface area contributed by atoms with Crippen molar-refractivity contribution in [2.45, 2.75) is 6.18 Å². The maximum absolute atomic E-state index is 12.3. The minimum Gasteiger partial charge on any atom is -0.305 e. The molecule has 0 unspecified atom stereocenters. The molecule has 0 spiro atoms. The number of nitrogens with two attached hydrogens (primary N) is 1. The summed E-state index contributed by atoms with van der Waals surface area (Å²) in [6.07, 6.45) is -4.50. The van der Waals surface area contributed by atoms with Crippen LogP contribution >= 0.6 is 11.6 Å². The quantitative estimate of drug-likeness (QED) is 0.443. The van der Waals surface area contributed by atoms with Crippen LogP contribution < -0.4 is 5.84 Å². The van der Waals surface area contributed by atoms with Gasteiger partial charge in [-0.3, -0.25) is 0 Å². The standard InChI is InChI=1S/C7H5ClF3N3/c8-6-2-1-4(13-14-12)3-5(6)7(9,10)11/h1-3H,(H2,12,13). The lowest BCUT2D eigenvalue weighted by Gasteiger charge is -2.08. The van der Waals surface area contributed by atoms with Crippen molar-refractivity contribution in [1.29, 1.82) is 0 Å². The molecule has 14 heavy (non-hydrogen) atoms. The molecule has 0 aliphatic rings. The van der Waals surface area contributed by atoms with Crippen molar-refractivity contribution in [3.63, 3.8) is 0 Å². The zero-order chi connectivity index (χ0) is 10.8. The summed E-state index contributed by atoms with van der Waals surface area (Å²) in [6, 6.07) is 3.15. The molecule has 0 atom stereocenters. The van der Waals surface area contributed by atoms with Crippen molar-refractivity contribution in [2.75, 3.05) is 0 Å². The van der Waals surface area contributed by atoms with Gasteiger partial charge in [0.25, 0.3) is 0 Å². The molecule has 76 valence electrons. The van der Waals surface area contributed by atoms with E-state index in [0.717, 1.165) is 12.1 Å². The minimum atomic E-state index is -4.50. The second kappa shape index (κ2) is 3.83. The van der Waals surface area contributed by atoms with Gasteiger partial charge in [0.15, 0.2) is 0 Å². The summed E-state index contributed by atoms with van der Waals surface area (Å²) in [5.41, 5.74) is -0.951. The summed E-state index contributed by atoms with van der Waals surface area (Å²) >= 11 is 5.36. The average Bonchev–Trinajstić information content (AvgIpc) is 2.07. The Hall–Kier alpha value is -1.30. The van der Waals surface area contributed by atoms with E-state index in [1.54, 1.807) is 0 Å². The molecule has 0 bridgehead atoms. The predicted octanol–water partition coefficient (Wildman–Crippen LogP) is 3.32. The smallest absolute Gasteiger partial charge is 0.305 e. The van der Waals surface area contributed by atoms with E-state index in [0.29, 0.717) is 0 Å². The maximum Gasteiger partial charge on any atom is 0.417 e. The zero-order valence-corrected chi connectivity index (χ0v) is 7.47. The molecule has 0 aliphatic heterocycles. The number of rotatable bonds is 1. The third-order valence-corrected chi connectivity index (χ3v) is 1.76. The van der Waals surface area contributed by atoms with E-state index in [1.807, 2.05) is 0 Å². The zero-order valence-electron chi connectivity index (χ0n) is 6.72. The highest BCUT2D eigenvalue weighted by Crippen LogP contribution is 2.36. The van der Waals surface area contributed by atoms with Gasteiger partial charge in [-0.2, -0.15) is 13.2 Å². The van der Waals surface area contributed by atoms with E-state index >= 15 is 0 Å². The highest BCUT2D eigenvalue weighted by atomic mass is 35.5. The van der Waals surface area contributed by atoms with Crippen molar-refractivity contribution < 1.29 is 13.2 Å². The van der Waals surface area contributed by atoms with Crippen LogP contribution in [-0.2, 0) is 6.18 Å². The molecule has 1 aromatic carbocycles. The van der Waals surface area contributed by atoms with Gasteiger partial charge in [-0.1, -0.05) is 16.8 Å². The first kappa shape index (κ1) is 10.8. The minimum absolute atomic E-state index is 0.00391. The Bertz CT molecular complexity index is 362. The molecule has 0 heterocycles. The molecule has 1 rings (SSSR count). The van der Waals surface area contributed by atoms with Gasteiger partial charge in [0.1, 0.15) is 0 Å². The van der Waals surface area contributed by atoms with Crippen LogP contribution in [0.4, 0.5) is 18.9 Å². The molecule has 7 heteroatoms. The molecule has 2 N–H and O–H groups in total. The molecule has 1 aromatic rings. The number of alkyl halides is 3. The van der Waals surface area contributed by atoms with Crippen molar-refractivity contribution in [1.82, 2.24) is 0 Å². The third-order valence-electron chi connectivity index (χ3n) is 1.43. The predicted molar refractivity (Wildman–Crippen MR) is 45.2 cm³/mol. The van der Waals surface area contributed by atoms with Gasteiger partial charge in [-0.05, 0) is 18.2 Å². The van der Waals surface area contributed by atoms with Crippen LogP contribution in [-0.4, -0.2) is 0 Å². The number of hydrogen-bond donors (Lipinski definition) is 1. The largest absolute Gasteiger partial charge is 0.417 e. The topological polar surface area (TPSA) is 50.7 Å². The van der Waals surface area contributed by atoms with E-state index < -0.39 is 11.7 Å². The summed E-state index contributed by atoms with van der Waals surface area (Å²) in [5, 5.41) is 5.76. The molecule has 0 fully saturated rings. The van der Waals surface area contributed by atoms with Gasteiger partial charge in [-0.15, -0.1) is 5.11 Å². The molecule has 0 aromatic heterocycles. The molecule has 0 radical (unpaired) electrons. The summed E-state index contributed by atoms with van der Waals surface area (Å²) in [4.78, 5) is 0. The van der Waals surface area contributed by atoms with Crippen LogP contribution in [0.5, 0.6) is 0 Å². The molecule has 0 aliphatic carbocycles. The monoisotopic (exact) mass is 223 g/mol. The maximum atomic E-state index is 12.3. The SMILES string of the molecule is NN=Nc1ccc(Cl)c(C(F)(F)F)c1. The first-order valence-corrected chi connectivity index (χ1v) is 3.80. The molecule has 3 nitrogen and oxygen atoms in total. The van der Waals surface area contributed by atoms with Crippen molar-refractivity contribution >= 4 is 17.3 Å². The lowest BCUT2D eigenvalue weighted by Crippen LogP contribution is -2.05. The van der Waals surface area contributed by atoms with Gasteiger partial charge < -0.3 is 5.84 Å². The number of benzene rings is 1. The summed E-state index contributed by atoms with van der Waals surface area (Å²) < 4.78 is 36.8. The molecule has 0 amide bonds. The van der Waals surface area contributed by atoms with Crippen LogP contribution in [0.1, 0.15) is 5.56 Å². The molecular formula is C7H5ClF3N3. The van der Waals surface area contributed by atoms with E-state index in [1.165, 1.54) is 6.07 Å². The Balaban J connectivity index is 3.22. The van der Waals surface area contributed by atoms with E-state index in [4.69, 9.17) is 17.4 Å². The van der Waals surface area contributed by atoms with Gasteiger partial charge in [0.2, 0.25) is 0 Å². The van der Waals surface area contributed by atoms with Crippen LogP contribution in [0.25, 0.3) is 0 Å². The first-order valence-electron chi connectivity index (χ1n) is 3.43. The Morgan fingerprint density at radius 3 is 2.43 bits per heavy atom. The van der Waals surface area contributed by atoms with Crippen LogP contribution in [0.2, 0.25) is 5.02 Å². The Morgan fingerprint density at radius 2 is 1.93 bits per heavy atom. The lowest BCUT2D eigenvalue weighted by atomic mass is 10.2. The fraction of sp³-hybridized carbons (Fsp3) is 0.143. The third kappa shape index (κ3) is 2.35. The Morgan fingerprint density at radius 1 is 1.29 bits per heavy atom. The highest BCUT2D eigenvalue weighted by molar-refractivity contribution is 6.31. The molecular weight excluding hydrogens is 219 g/mol. The van der Waals surface area contributed by atoms with E-state index in [-0.39, 0.29) is 10.7 Å². The number of hydrogen-bond acceptors (Lipinski definition) is 2. The molecule has 0 saturated heterocycles. The van der Waals surface area contributed by atoms with E-state index in [2.05, 4.69) is 10.3 Å². The van der Waals surface area contributed by atoms with Gasteiger partial charge in [0.05, 0.1) is 16.3 Å². The van der Waals surface area contributed by atoms with Crippen molar-refractivity contribution in [3.8, 4) is 0 Å². The highest BCUT2D eigenvalue weighted by Gasteiger charge is 2.33. The second-order valence-electron chi connectivity index (χ2n) is 2.38. The number of halogens is 4. The lowest BCUT2D eigenvalue weighted by molar-refractivity contribution is -0.137. The van der Waals surface area contributed by atoms with Crippen LogP contribution in [0.3, 0.4) is 0 Å².